The predicted molar refractivity (Wildman–Crippen MR) is 104 cm³/mol. The Balaban J connectivity index is 0.000000219. The molecule has 0 unspecified atom stereocenters. The molecule has 2 aromatic carbocycles. The summed E-state index contributed by atoms with van der Waals surface area (Å²) in [4.78, 5) is 12.0. The molecular formula is C20H26N4. The van der Waals surface area contributed by atoms with Crippen molar-refractivity contribution < 1.29 is 0 Å². The molecule has 126 valence electrons. The molecule has 24 heavy (non-hydrogen) atoms. The number of imidazole rings is 1. The van der Waals surface area contributed by atoms with Gasteiger partial charge in [0.2, 0.25) is 0 Å². The van der Waals surface area contributed by atoms with Gasteiger partial charge < -0.3 is 10.3 Å². The van der Waals surface area contributed by atoms with Crippen LogP contribution in [-0.2, 0) is 0 Å². The molecule has 2 N–H and O–H groups in total. The smallest absolute Gasteiger partial charge is 0.138 e. The van der Waals surface area contributed by atoms with E-state index in [1.165, 1.54) is 11.1 Å². The van der Waals surface area contributed by atoms with Gasteiger partial charge in [0, 0.05) is 12.1 Å². The third kappa shape index (κ3) is 4.44. The van der Waals surface area contributed by atoms with Crippen LogP contribution >= 0.6 is 0 Å². The zero-order chi connectivity index (χ0) is 17.4. The van der Waals surface area contributed by atoms with Gasteiger partial charge in [-0.15, -0.1) is 0 Å². The number of nitrogens with zero attached hydrogens (tertiary/aromatic N) is 2. The Hall–Kier alpha value is -2.62. The molecule has 4 nitrogen and oxygen atoms in total. The molecule has 4 heteroatoms. The van der Waals surface area contributed by atoms with Crippen LogP contribution < -0.4 is 5.32 Å². The molecule has 0 amide bonds. The fraction of sp³-hybridized carbons (Fsp3) is 0.300. The average molecular weight is 322 g/mol. The molecule has 1 aliphatic heterocycles. The fourth-order valence-electron chi connectivity index (χ4n) is 2.44. The number of hydrogen-bond acceptors (Lipinski definition) is 3. The second kappa shape index (κ2) is 8.87. The number of aromatic amines is 1. The highest BCUT2D eigenvalue weighted by Crippen LogP contribution is 2.22. The maximum Gasteiger partial charge on any atom is 0.138 e. The van der Waals surface area contributed by atoms with E-state index in [2.05, 4.69) is 39.3 Å². The van der Waals surface area contributed by atoms with E-state index in [9.17, 15) is 0 Å². The van der Waals surface area contributed by atoms with E-state index in [-0.39, 0.29) is 0 Å². The second-order valence-corrected chi connectivity index (χ2v) is 5.31. The van der Waals surface area contributed by atoms with E-state index in [1.54, 1.807) is 0 Å². The lowest BCUT2D eigenvalue weighted by molar-refractivity contribution is 0.958. The summed E-state index contributed by atoms with van der Waals surface area (Å²) >= 11 is 0. The number of nitrogens with one attached hydrogen (secondary N) is 2. The molecular weight excluding hydrogens is 296 g/mol. The largest absolute Gasteiger partial charge is 0.372 e. The number of H-pyrrole nitrogens is 1. The number of aromatic nitrogens is 2. The van der Waals surface area contributed by atoms with Crippen molar-refractivity contribution in [3.05, 3.63) is 54.1 Å². The summed E-state index contributed by atoms with van der Waals surface area (Å²) in [7, 11) is 0. The molecule has 0 saturated heterocycles. The van der Waals surface area contributed by atoms with Crippen molar-refractivity contribution in [1.29, 1.82) is 0 Å². The van der Waals surface area contributed by atoms with Gasteiger partial charge in [0.1, 0.15) is 5.82 Å². The first-order valence-corrected chi connectivity index (χ1v) is 8.50. The molecule has 4 rings (SSSR count). The minimum Gasteiger partial charge on any atom is -0.372 e. The summed E-state index contributed by atoms with van der Waals surface area (Å²) in [5.74, 6) is 2.02. The number of hydrogen-bond donors (Lipinski definition) is 2. The standard InChI is InChI=1S/C14H12N2.C4H8N2.C2H6/c1-10-6-2-3-7-11(10)14-15-12-8-4-5-9-13(12)16-14;1-4-5-2-3-6-4;1-2/h2-9H,1H3,(H,15,16);2-3H2,1H3,(H,5,6);1-2H3. The maximum atomic E-state index is 4.59. The molecule has 0 atom stereocenters. The van der Waals surface area contributed by atoms with Gasteiger partial charge >= 0.3 is 0 Å². The van der Waals surface area contributed by atoms with Crippen LogP contribution in [0.3, 0.4) is 0 Å². The molecule has 0 radical (unpaired) electrons. The van der Waals surface area contributed by atoms with Crippen LogP contribution in [0, 0.1) is 6.92 Å². The fourth-order valence-corrected chi connectivity index (χ4v) is 2.44. The van der Waals surface area contributed by atoms with Gasteiger partial charge in [-0.05, 0) is 31.5 Å². The van der Waals surface area contributed by atoms with Gasteiger partial charge in [-0.25, -0.2) is 4.98 Å². The number of para-hydroxylation sites is 2. The van der Waals surface area contributed by atoms with Crippen molar-refractivity contribution in [3.63, 3.8) is 0 Å². The summed E-state index contributed by atoms with van der Waals surface area (Å²) in [5, 5.41) is 3.07. The lowest BCUT2D eigenvalue weighted by atomic mass is 10.1. The number of rotatable bonds is 1. The molecule has 0 bridgehead atoms. The molecule has 0 saturated carbocycles. The van der Waals surface area contributed by atoms with Crippen molar-refractivity contribution in [2.45, 2.75) is 27.7 Å². The van der Waals surface area contributed by atoms with E-state index in [0.29, 0.717) is 0 Å². The first kappa shape index (κ1) is 17.7. The molecule has 0 fully saturated rings. The summed E-state index contributed by atoms with van der Waals surface area (Å²) in [6.07, 6.45) is 0. The van der Waals surface area contributed by atoms with E-state index in [4.69, 9.17) is 0 Å². The lowest BCUT2D eigenvalue weighted by Gasteiger charge is -2.00. The predicted octanol–water partition coefficient (Wildman–Crippen LogP) is 4.57. The Morgan fingerprint density at radius 1 is 0.917 bits per heavy atom. The third-order valence-electron chi connectivity index (χ3n) is 3.63. The highest BCUT2D eigenvalue weighted by atomic mass is 15.0. The van der Waals surface area contributed by atoms with Gasteiger partial charge in [0.05, 0.1) is 23.4 Å². The van der Waals surface area contributed by atoms with E-state index >= 15 is 0 Å². The second-order valence-electron chi connectivity index (χ2n) is 5.31. The van der Waals surface area contributed by atoms with Gasteiger partial charge in [0.15, 0.2) is 0 Å². The number of fused-ring (bicyclic) bond motifs is 1. The molecule has 3 aromatic rings. The Morgan fingerprint density at radius 2 is 1.62 bits per heavy atom. The monoisotopic (exact) mass is 322 g/mol. The zero-order valence-electron chi connectivity index (χ0n) is 14.9. The first-order valence-electron chi connectivity index (χ1n) is 8.50. The number of amidine groups is 1. The summed E-state index contributed by atoms with van der Waals surface area (Å²) in [6, 6.07) is 16.4. The van der Waals surface area contributed by atoms with Crippen LogP contribution in [0.15, 0.2) is 53.5 Å². The quantitative estimate of drug-likeness (QED) is 0.689. The number of aliphatic imine (C=N–C) groups is 1. The van der Waals surface area contributed by atoms with Crippen LogP contribution in [0.1, 0.15) is 26.3 Å². The topological polar surface area (TPSA) is 53.1 Å². The van der Waals surface area contributed by atoms with Gasteiger partial charge in [-0.1, -0.05) is 50.2 Å². The number of benzene rings is 2. The number of aryl methyl sites for hydroxylation is 1. The van der Waals surface area contributed by atoms with Crippen molar-refractivity contribution in [3.8, 4) is 11.4 Å². The van der Waals surface area contributed by atoms with Crippen molar-refractivity contribution in [1.82, 2.24) is 15.3 Å². The highest BCUT2D eigenvalue weighted by molar-refractivity contribution is 5.81. The molecule has 0 aliphatic carbocycles. The third-order valence-corrected chi connectivity index (χ3v) is 3.63. The van der Waals surface area contributed by atoms with Gasteiger partial charge in [0.25, 0.3) is 0 Å². The summed E-state index contributed by atoms with van der Waals surface area (Å²) < 4.78 is 0. The normalized spacial score (nSPS) is 12.4. The van der Waals surface area contributed by atoms with Crippen LogP contribution in [0.4, 0.5) is 0 Å². The molecule has 1 aliphatic rings. The average Bonchev–Trinajstić information content (AvgIpc) is 3.26. The van der Waals surface area contributed by atoms with Gasteiger partial charge in [-0.2, -0.15) is 0 Å². The van der Waals surface area contributed by atoms with Crippen LogP contribution in [-0.4, -0.2) is 28.9 Å². The Bertz CT molecular complexity index is 769. The van der Waals surface area contributed by atoms with Crippen LogP contribution in [0.25, 0.3) is 22.4 Å². The Kier molecular flexibility index (Phi) is 6.55. The molecule has 0 spiro atoms. The van der Waals surface area contributed by atoms with Crippen molar-refractivity contribution >= 4 is 16.9 Å². The molecule has 2 heterocycles. The SMILES string of the molecule is CC.CC1=NCCN1.Cc1ccccc1-c1nc2ccccc2[nH]1. The van der Waals surface area contributed by atoms with E-state index in [0.717, 1.165) is 35.8 Å². The molecule has 1 aromatic heterocycles. The Labute approximate surface area is 144 Å². The Morgan fingerprint density at radius 3 is 2.21 bits per heavy atom. The maximum absolute atomic E-state index is 4.59. The minimum absolute atomic E-state index is 0.944. The van der Waals surface area contributed by atoms with Gasteiger partial charge in [-0.3, -0.25) is 4.99 Å². The summed E-state index contributed by atoms with van der Waals surface area (Å²) in [5.41, 5.74) is 4.50. The lowest BCUT2D eigenvalue weighted by Crippen LogP contribution is -2.13. The zero-order valence-corrected chi connectivity index (χ0v) is 14.9. The van der Waals surface area contributed by atoms with Crippen LogP contribution in [0.2, 0.25) is 0 Å². The van der Waals surface area contributed by atoms with E-state index < -0.39 is 0 Å². The highest BCUT2D eigenvalue weighted by Gasteiger charge is 2.06. The minimum atomic E-state index is 0.944. The van der Waals surface area contributed by atoms with Crippen LogP contribution in [0.5, 0.6) is 0 Å². The van der Waals surface area contributed by atoms with Crippen molar-refractivity contribution in [2.75, 3.05) is 13.1 Å². The van der Waals surface area contributed by atoms with E-state index in [1.807, 2.05) is 57.2 Å². The van der Waals surface area contributed by atoms with Crippen molar-refractivity contribution in [2.24, 2.45) is 4.99 Å². The first-order chi connectivity index (χ1) is 11.7. The summed E-state index contributed by atoms with van der Waals surface area (Å²) in [6.45, 7) is 10.1.